The van der Waals surface area contributed by atoms with Gasteiger partial charge in [0.1, 0.15) is 23.9 Å². The molecule has 0 saturated carbocycles. The summed E-state index contributed by atoms with van der Waals surface area (Å²) in [6, 6.07) is 19.7. The Labute approximate surface area is 217 Å². The van der Waals surface area contributed by atoms with E-state index in [2.05, 4.69) is 11.4 Å². The summed E-state index contributed by atoms with van der Waals surface area (Å²) in [5, 5.41) is 2.94. The SMILES string of the molecule is CCOC(=O)C1=C(COc2cc(C)cc(C)c2C)N(C)C(=O)N[C@H]1c1cccc(Oc2ccccc2)c1. The Bertz CT molecular complexity index is 1330. The van der Waals surface area contributed by atoms with Crippen LogP contribution in [0.15, 0.2) is 78.0 Å². The van der Waals surface area contributed by atoms with Gasteiger partial charge in [0.05, 0.1) is 23.9 Å². The van der Waals surface area contributed by atoms with Crippen molar-refractivity contribution >= 4 is 12.0 Å². The Kier molecular flexibility index (Phi) is 7.82. The van der Waals surface area contributed by atoms with Crippen molar-refractivity contribution in [3.05, 3.63) is 100 Å². The van der Waals surface area contributed by atoms with Crippen LogP contribution in [0.3, 0.4) is 0 Å². The van der Waals surface area contributed by atoms with Crippen molar-refractivity contribution in [2.75, 3.05) is 20.3 Å². The second-order valence-corrected chi connectivity index (χ2v) is 9.00. The molecule has 3 aromatic carbocycles. The Morgan fingerprint density at radius 2 is 1.70 bits per heavy atom. The lowest BCUT2D eigenvalue weighted by molar-refractivity contribution is -0.139. The van der Waals surface area contributed by atoms with Gasteiger partial charge in [-0.15, -0.1) is 0 Å². The van der Waals surface area contributed by atoms with E-state index in [0.717, 1.165) is 16.7 Å². The van der Waals surface area contributed by atoms with Crippen molar-refractivity contribution in [1.82, 2.24) is 10.2 Å². The fourth-order valence-electron chi connectivity index (χ4n) is 4.31. The molecule has 7 heteroatoms. The van der Waals surface area contributed by atoms with Crippen LogP contribution in [0.2, 0.25) is 0 Å². The summed E-state index contributed by atoms with van der Waals surface area (Å²) in [7, 11) is 1.62. The first-order valence-electron chi connectivity index (χ1n) is 12.3. The maximum atomic E-state index is 13.3. The number of esters is 1. The number of nitrogens with zero attached hydrogens (tertiary/aromatic N) is 1. The number of amides is 2. The van der Waals surface area contributed by atoms with Crippen molar-refractivity contribution in [3.8, 4) is 17.2 Å². The van der Waals surface area contributed by atoms with Gasteiger partial charge in [0, 0.05) is 7.05 Å². The van der Waals surface area contributed by atoms with Crippen LogP contribution in [0, 0.1) is 20.8 Å². The van der Waals surface area contributed by atoms with Gasteiger partial charge >= 0.3 is 12.0 Å². The fourth-order valence-corrected chi connectivity index (χ4v) is 4.31. The van der Waals surface area contributed by atoms with Crippen molar-refractivity contribution in [1.29, 1.82) is 0 Å². The van der Waals surface area contributed by atoms with Crippen LogP contribution in [0.1, 0.15) is 35.2 Å². The van der Waals surface area contributed by atoms with Crippen LogP contribution in [0.25, 0.3) is 0 Å². The summed E-state index contributed by atoms with van der Waals surface area (Å²) in [4.78, 5) is 27.7. The largest absolute Gasteiger partial charge is 0.487 e. The van der Waals surface area contributed by atoms with Gasteiger partial charge in [0.15, 0.2) is 0 Å². The first kappa shape index (κ1) is 25.8. The number of carbonyl (C=O) groups excluding carboxylic acids is 2. The van der Waals surface area contributed by atoms with E-state index < -0.39 is 12.0 Å². The average Bonchev–Trinajstić information content (AvgIpc) is 2.88. The standard InChI is InChI=1S/C30H32N2O5/c1-6-35-29(33)27-25(18-36-26-16-19(2)15-20(3)21(26)4)32(5)30(34)31-28(27)22-11-10-14-24(17-22)37-23-12-8-7-9-13-23/h7-17,28H,6,18H2,1-5H3,(H,31,34)/t28-/m0/s1. The first-order valence-corrected chi connectivity index (χ1v) is 12.3. The highest BCUT2D eigenvalue weighted by Gasteiger charge is 2.37. The van der Waals surface area contributed by atoms with Crippen molar-refractivity contribution < 1.29 is 23.8 Å². The van der Waals surface area contributed by atoms with Gasteiger partial charge in [-0.2, -0.15) is 0 Å². The van der Waals surface area contributed by atoms with Crippen LogP contribution in [0.5, 0.6) is 17.2 Å². The van der Waals surface area contributed by atoms with Gasteiger partial charge in [0.2, 0.25) is 0 Å². The number of ether oxygens (including phenoxy) is 3. The molecule has 37 heavy (non-hydrogen) atoms. The molecule has 1 aliphatic heterocycles. The number of para-hydroxylation sites is 1. The monoisotopic (exact) mass is 500 g/mol. The lowest BCUT2D eigenvalue weighted by Gasteiger charge is -2.34. The maximum Gasteiger partial charge on any atom is 0.338 e. The quantitative estimate of drug-likeness (QED) is 0.384. The molecule has 3 aromatic rings. The molecule has 0 aliphatic carbocycles. The molecule has 0 unspecified atom stereocenters. The summed E-state index contributed by atoms with van der Waals surface area (Å²) in [6.07, 6.45) is 0. The molecule has 0 spiro atoms. The molecule has 7 nitrogen and oxygen atoms in total. The molecular weight excluding hydrogens is 468 g/mol. The van der Waals surface area contributed by atoms with Crippen LogP contribution < -0.4 is 14.8 Å². The molecule has 192 valence electrons. The summed E-state index contributed by atoms with van der Waals surface area (Å²) < 4.78 is 17.6. The Balaban J connectivity index is 1.73. The molecule has 0 saturated heterocycles. The number of rotatable bonds is 8. The van der Waals surface area contributed by atoms with Crippen LogP contribution in [-0.2, 0) is 9.53 Å². The molecule has 0 fully saturated rings. The molecule has 1 atom stereocenters. The third-order valence-corrected chi connectivity index (χ3v) is 6.37. The number of urea groups is 1. The zero-order valence-electron chi connectivity index (χ0n) is 21.8. The number of carbonyl (C=O) groups is 2. The maximum absolute atomic E-state index is 13.3. The van der Waals surface area contributed by atoms with Crippen LogP contribution in [-0.4, -0.2) is 37.2 Å². The second-order valence-electron chi connectivity index (χ2n) is 9.00. The molecule has 2 amide bonds. The van der Waals surface area contributed by atoms with E-state index in [0.29, 0.717) is 34.1 Å². The van der Waals surface area contributed by atoms with E-state index in [-0.39, 0.29) is 19.2 Å². The molecular formula is C30H32N2O5. The summed E-state index contributed by atoms with van der Waals surface area (Å²) in [6.45, 7) is 8.00. The predicted octanol–water partition coefficient (Wildman–Crippen LogP) is 6.00. The van der Waals surface area contributed by atoms with Crippen molar-refractivity contribution in [2.24, 2.45) is 0 Å². The van der Waals surface area contributed by atoms with E-state index in [1.807, 2.05) is 81.4 Å². The van der Waals surface area contributed by atoms with Gasteiger partial charge < -0.3 is 19.5 Å². The zero-order chi connectivity index (χ0) is 26.5. The van der Waals surface area contributed by atoms with Crippen molar-refractivity contribution in [3.63, 3.8) is 0 Å². The van der Waals surface area contributed by atoms with Crippen molar-refractivity contribution in [2.45, 2.75) is 33.7 Å². The van der Waals surface area contributed by atoms with E-state index in [9.17, 15) is 9.59 Å². The van der Waals surface area contributed by atoms with Crippen LogP contribution >= 0.6 is 0 Å². The molecule has 0 bridgehead atoms. The number of hydrogen-bond donors (Lipinski definition) is 1. The molecule has 1 heterocycles. The number of likely N-dealkylation sites (N-methyl/N-ethyl adjacent to an activating group) is 1. The van der Waals surface area contributed by atoms with E-state index in [1.165, 1.54) is 4.90 Å². The minimum atomic E-state index is -0.735. The molecule has 4 rings (SSSR count). The normalized spacial score (nSPS) is 15.3. The topological polar surface area (TPSA) is 77.1 Å². The predicted molar refractivity (Wildman–Crippen MR) is 142 cm³/mol. The zero-order valence-corrected chi connectivity index (χ0v) is 21.8. The highest BCUT2D eigenvalue weighted by molar-refractivity contribution is 5.95. The fraction of sp³-hybridized carbons (Fsp3) is 0.267. The van der Waals surface area contributed by atoms with Gasteiger partial charge in [-0.05, 0) is 80.3 Å². The third kappa shape index (κ3) is 5.77. The van der Waals surface area contributed by atoms with Gasteiger partial charge in [-0.3, -0.25) is 4.90 Å². The number of benzene rings is 3. The smallest absolute Gasteiger partial charge is 0.338 e. The Hall–Kier alpha value is -4.26. The molecule has 1 aliphatic rings. The van der Waals surface area contributed by atoms with E-state index >= 15 is 0 Å². The summed E-state index contributed by atoms with van der Waals surface area (Å²) in [5.74, 6) is 1.47. The molecule has 1 N–H and O–H groups in total. The molecule has 0 radical (unpaired) electrons. The summed E-state index contributed by atoms with van der Waals surface area (Å²) in [5.41, 5.74) is 4.65. The Morgan fingerprint density at radius 1 is 0.973 bits per heavy atom. The second kappa shape index (κ2) is 11.2. The third-order valence-electron chi connectivity index (χ3n) is 6.37. The van der Waals surface area contributed by atoms with Gasteiger partial charge in [-0.25, -0.2) is 9.59 Å². The minimum absolute atomic E-state index is 0.0263. The Morgan fingerprint density at radius 3 is 2.43 bits per heavy atom. The van der Waals surface area contributed by atoms with E-state index in [1.54, 1.807) is 14.0 Å². The van der Waals surface area contributed by atoms with E-state index in [4.69, 9.17) is 14.2 Å². The lowest BCUT2D eigenvalue weighted by atomic mass is 9.94. The van der Waals surface area contributed by atoms with Gasteiger partial charge in [0.25, 0.3) is 0 Å². The van der Waals surface area contributed by atoms with Gasteiger partial charge in [-0.1, -0.05) is 36.4 Å². The minimum Gasteiger partial charge on any atom is -0.487 e. The molecule has 0 aromatic heterocycles. The first-order chi connectivity index (χ1) is 17.8. The highest BCUT2D eigenvalue weighted by atomic mass is 16.5. The average molecular weight is 501 g/mol. The number of aryl methyl sites for hydroxylation is 2. The lowest BCUT2D eigenvalue weighted by Crippen LogP contribution is -2.48. The summed E-state index contributed by atoms with van der Waals surface area (Å²) >= 11 is 0. The highest BCUT2D eigenvalue weighted by Crippen LogP contribution is 2.34. The number of nitrogens with one attached hydrogen (secondary N) is 1. The number of hydrogen-bond acceptors (Lipinski definition) is 5. The van der Waals surface area contributed by atoms with Crippen LogP contribution in [0.4, 0.5) is 4.79 Å².